The van der Waals surface area contributed by atoms with Gasteiger partial charge in [-0.1, -0.05) is 13.3 Å². The van der Waals surface area contributed by atoms with E-state index in [1.807, 2.05) is 0 Å². The van der Waals surface area contributed by atoms with Gasteiger partial charge in [0.25, 0.3) is 0 Å². The Labute approximate surface area is 112 Å². The van der Waals surface area contributed by atoms with Crippen LogP contribution in [0.3, 0.4) is 0 Å². The van der Waals surface area contributed by atoms with Crippen molar-refractivity contribution in [2.45, 2.75) is 45.2 Å². The molecule has 0 aromatic rings. The second-order valence-electron chi connectivity index (χ2n) is 5.28. The fourth-order valence-corrected chi connectivity index (χ4v) is 2.38. The maximum atomic E-state index is 12.6. The summed E-state index contributed by atoms with van der Waals surface area (Å²) in [6.45, 7) is 3.66. The molecule has 2 saturated heterocycles. The third kappa shape index (κ3) is 4.95. The van der Waals surface area contributed by atoms with Gasteiger partial charge in [-0.15, -0.1) is 8.78 Å². The van der Waals surface area contributed by atoms with Crippen LogP contribution < -0.4 is 0 Å². The minimum absolute atomic E-state index is 0.0137. The normalized spacial score (nSPS) is 32.4. The molecule has 0 radical (unpaired) electrons. The maximum absolute atomic E-state index is 12.6. The first-order valence-corrected chi connectivity index (χ1v) is 6.98. The lowest BCUT2D eigenvalue weighted by Gasteiger charge is -2.32. The number of rotatable bonds is 5. The Morgan fingerprint density at radius 3 is 2.05 bits per heavy atom. The Kier molecular flexibility index (Phi) is 5.50. The summed E-state index contributed by atoms with van der Waals surface area (Å²) in [6, 6.07) is 0. The van der Waals surface area contributed by atoms with E-state index in [-0.39, 0.29) is 25.4 Å². The number of alkyl halides is 2. The van der Waals surface area contributed by atoms with Crippen LogP contribution in [0, 0.1) is 11.8 Å². The number of ether oxygens (including phenoxy) is 4. The molecule has 0 aromatic carbocycles. The van der Waals surface area contributed by atoms with Crippen LogP contribution in [0.25, 0.3) is 0 Å². The van der Waals surface area contributed by atoms with E-state index in [1.54, 1.807) is 0 Å². The van der Waals surface area contributed by atoms with Gasteiger partial charge < -0.3 is 9.47 Å². The average molecular weight is 280 g/mol. The zero-order valence-electron chi connectivity index (χ0n) is 11.3. The van der Waals surface area contributed by atoms with E-state index < -0.39 is 6.29 Å². The Morgan fingerprint density at radius 1 is 0.895 bits per heavy atom. The van der Waals surface area contributed by atoms with E-state index >= 15 is 0 Å². The lowest BCUT2D eigenvalue weighted by atomic mass is 10.0. The Bertz CT molecular complexity index is 257. The Morgan fingerprint density at radius 2 is 1.47 bits per heavy atom. The molecule has 2 fully saturated rings. The van der Waals surface area contributed by atoms with Crippen LogP contribution in [0.5, 0.6) is 0 Å². The fraction of sp³-hybridized carbons (Fsp3) is 1.00. The lowest BCUT2D eigenvalue weighted by molar-refractivity contribution is -0.420. The topological polar surface area (TPSA) is 36.9 Å². The van der Waals surface area contributed by atoms with Crippen molar-refractivity contribution in [2.24, 2.45) is 11.8 Å². The van der Waals surface area contributed by atoms with Crippen LogP contribution in [0.4, 0.5) is 8.78 Å². The number of hydrogen-bond acceptors (Lipinski definition) is 4. The summed E-state index contributed by atoms with van der Waals surface area (Å²) in [4.78, 5) is 0. The summed E-state index contributed by atoms with van der Waals surface area (Å²) >= 11 is 0. The molecule has 19 heavy (non-hydrogen) atoms. The van der Waals surface area contributed by atoms with Gasteiger partial charge in [0.1, 0.15) is 0 Å². The third-order valence-electron chi connectivity index (χ3n) is 3.52. The third-order valence-corrected chi connectivity index (χ3v) is 3.52. The molecule has 0 bridgehead atoms. The maximum Gasteiger partial charge on any atom is 0.485 e. The standard InChI is InChI=1S/C13H22F2O4/c1-2-3-10-6-16-12(17-7-10)5-4-11-8-18-13(14,15)19-9-11/h10-12H,2-9H2,1H3. The van der Waals surface area contributed by atoms with Gasteiger partial charge in [0.05, 0.1) is 26.4 Å². The fourth-order valence-electron chi connectivity index (χ4n) is 2.38. The molecule has 0 atom stereocenters. The summed E-state index contributed by atoms with van der Waals surface area (Å²) in [5.74, 6) is 0.474. The van der Waals surface area contributed by atoms with Crippen LogP contribution in [-0.4, -0.2) is 39.0 Å². The highest BCUT2D eigenvalue weighted by Crippen LogP contribution is 2.27. The van der Waals surface area contributed by atoms with E-state index in [4.69, 9.17) is 9.47 Å². The van der Waals surface area contributed by atoms with Gasteiger partial charge in [-0.05, 0) is 19.3 Å². The molecule has 0 N–H and O–H groups in total. The van der Waals surface area contributed by atoms with Gasteiger partial charge in [-0.3, -0.25) is 9.47 Å². The molecule has 2 aliphatic rings. The van der Waals surface area contributed by atoms with E-state index in [0.29, 0.717) is 18.8 Å². The van der Waals surface area contributed by atoms with Gasteiger partial charge in [0.15, 0.2) is 6.29 Å². The smallest absolute Gasteiger partial charge is 0.352 e. The van der Waals surface area contributed by atoms with Gasteiger partial charge in [-0.2, -0.15) is 0 Å². The molecule has 4 nitrogen and oxygen atoms in total. The second-order valence-corrected chi connectivity index (χ2v) is 5.28. The zero-order chi connectivity index (χ0) is 13.7. The molecule has 0 saturated carbocycles. The van der Waals surface area contributed by atoms with E-state index in [1.165, 1.54) is 0 Å². The van der Waals surface area contributed by atoms with Crippen LogP contribution in [0.1, 0.15) is 32.6 Å². The van der Waals surface area contributed by atoms with E-state index in [9.17, 15) is 8.78 Å². The SMILES string of the molecule is CCCC1COC(CCC2COC(F)(F)OC2)OC1. The minimum Gasteiger partial charge on any atom is -0.352 e. The monoisotopic (exact) mass is 280 g/mol. The molecule has 112 valence electrons. The molecule has 0 aromatic heterocycles. The summed E-state index contributed by atoms with van der Waals surface area (Å²) in [5, 5.41) is 0. The van der Waals surface area contributed by atoms with Crippen molar-refractivity contribution in [1.82, 2.24) is 0 Å². The van der Waals surface area contributed by atoms with Gasteiger partial charge >= 0.3 is 6.29 Å². The molecule has 6 heteroatoms. The van der Waals surface area contributed by atoms with E-state index in [0.717, 1.165) is 26.1 Å². The summed E-state index contributed by atoms with van der Waals surface area (Å²) in [5.41, 5.74) is 0. The van der Waals surface area contributed by atoms with Gasteiger partial charge in [-0.25, -0.2) is 0 Å². The predicted molar refractivity (Wildman–Crippen MR) is 63.7 cm³/mol. The summed E-state index contributed by atoms with van der Waals surface area (Å²) in [6.07, 6.45) is 0.0255. The quantitative estimate of drug-likeness (QED) is 0.776. The van der Waals surface area contributed by atoms with Crippen LogP contribution in [0.2, 0.25) is 0 Å². The first kappa shape index (κ1) is 15.1. The summed E-state index contributed by atoms with van der Waals surface area (Å²) < 4.78 is 45.1. The predicted octanol–water partition coefficient (Wildman–Crippen LogP) is 2.77. The van der Waals surface area contributed by atoms with Gasteiger partial charge in [0.2, 0.25) is 0 Å². The highest BCUT2D eigenvalue weighted by Gasteiger charge is 2.38. The lowest BCUT2D eigenvalue weighted by Crippen LogP contribution is -2.38. The molecule has 2 aliphatic heterocycles. The first-order valence-electron chi connectivity index (χ1n) is 6.98. The van der Waals surface area contributed by atoms with E-state index in [2.05, 4.69) is 16.4 Å². The first-order chi connectivity index (χ1) is 9.09. The van der Waals surface area contributed by atoms with Crippen LogP contribution in [-0.2, 0) is 18.9 Å². The molecule has 2 rings (SSSR count). The van der Waals surface area contributed by atoms with Crippen molar-refractivity contribution in [3.63, 3.8) is 0 Å². The van der Waals surface area contributed by atoms with Crippen LogP contribution in [0.15, 0.2) is 0 Å². The van der Waals surface area contributed by atoms with Crippen molar-refractivity contribution in [2.75, 3.05) is 26.4 Å². The molecule has 2 heterocycles. The molecule has 0 spiro atoms. The number of halogens is 2. The highest BCUT2D eigenvalue weighted by atomic mass is 19.3. The Balaban J connectivity index is 1.59. The second kappa shape index (κ2) is 6.92. The Hall–Kier alpha value is -0.300. The molecule has 0 aliphatic carbocycles. The van der Waals surface area contributed by atoms with Crippen molar-refractivity contribution >= 4 is 0 Å². The largest absolute Gasteiger partial charge is 0.485 e. The molecular weight excluding hydrogens is 258 g/mol. The van der Waals surface area contributed by atoms with Crippen molar-refractivity contribution in [3.05, 3.63) is 0 Å². The average Bonchev–Trinajstić information content (AvgIpc) is 2.40. The van der Waals surface area contributed by atoms with Crippen molar-refractivity contribution in [3.8, 4) is 0 Å². The minimum atomic E-state index is -3.41. The van der Waals surface area contributed by atoms with Gasteiger partial charge in [0, 0.05) is 11.8 Å². The van der Waals surface area contributed by atoms with Crippen molar-refractivity contribution < 1.29 is 27.7 Å². The van der Waals surface area contributed by atoms with Crippen LogP contribution >= 0.6 is 0 Å². The molecular formula is C13H22F2O4. The molecule has 0 unspecified atom stereocenters. The number of hydrogen-bond donors (Lipinski definition) is 0. The van der Waals surface area contributed by atoms with Crippen molar-refractivity contribution in [1.29, 1.82) is 0 Å². The summed E-state index contributed by atoms with van der Waals surface area (Å²) in [7, 11) is 0. The highest BCUT2D eigenvalue weighted by molar-refractivity contribution is 4.67. The molecule has 0 amide bonds. The zero-order valence-corrected chi connectivity index (χ0v) is 11.3.